The van der Waals surface area contributed by atoms with E-state index in [1.165, 1.54) is 12.1 Å². The quantitative estimate of drug-likeness (QED) is 0.539. The standard InChI is InChI=1S/C26H30FN3O5/c1-16-12-17(13-24(31)32)6-9-23(16)35-26(34)30-11-10-18-14-20(8-7-19(18)15-30)28-25(33)29-22-5-3-2-4-21(22)27/h2-5,7-8,14,16-17,23H,6,9-13,15H2,1H3,(H,31,32)(H2,28,29,33)/t16-,17-,23+/m0/s1. The maximum Gasteiger partial charge on any atom is 0.410 e. The third kappa shape index (κ3) is 6.29. The third-order valence-electron chi connectivity index (χ3n) is 6.77. The van der Waals surface area contributed by atoms with Gasteiger partial charge < -0.3 is 25.4 Å². The smallest absolute Gasteiger partial charge is 0.410 e. The lowest BCUT2D eigenvalue weighted by Crippen LogP contribution is -2.41. The highest BCUT2D eigenvalue weighted by Crippen LogP contribution is 2.33. The number of halogens is 1. The molecule has 0 unspecified atom stereocenters. The number of anilines is 2. The van der Waals surface area contributed by atoms with Gasteiger partial charge in [0.05, 0.1) is 5.69 Å². The van der Waals surface area contributed by atoms with Crippen molar-refractivity contribution >= 4 is 29.5 Å². The first-order valence-corrected chi connectivity index (χ1v) is 11.9. The minimum absolute atomic E-state index is 0.0989. The summed E-state index contributed by atoms with van der Waals surface area (Å²) in [5.74, 6) is -1.04. The summed E-state index contributed by atoms with van der Waals surface area (Å²) in [5, 5.41) is 14.2. The van der Waals surface area contributed by atoms with Crippen molar-refractivity contribution in [3.05, 3.63) is 59.4 Å². The molecule has 2 aromatic carbocycles. The summed E-state index contributed by atoms with van der Waals surface area (Å²) in [4.78, 5) is 37.7. The Morgan fingerprint density at radius 3 is 2.66 bits per heavy atom. The Labute approximate surface area is 203 Å². The maximum atomic E-state index is 13.7. The van der Waals surface area contributed by atoms with Crippen LogP contribution in [0.4, 0.5) is 25.4 Å². The van der Waals surface area contributed by atoms with Gasteiger partial charge in [-0.15, -0.1) is 0 Å². The Morgan fingerprint density at radius 1 is 1.11 bits per heavy atom. The van der Waals surface area contributed by atoms with Crippen molar-refractivity contribution in [1.29, 1.82) is 0 Å². The van der Waals surface area contributed by atoms with Crippen LogP contribution in [0.5, 0.6) is 0 Å². The van der Waals surface area contributed by atoms with Gasteiger partial charge in [0.1, 0.15) is 11.9 Å². The molecule has 0 aromatic heterocycles. The number of nitrogens with one attached hydrogen (secondary N) is 2. The summed E-state index contributed by atoms with van der Waals surface area (Å²) in [6, 6.07) is 10.9. The van der Waals surface area contributed by atoms with Gasteiger partial charge in [-0.25, -0.2) is 14.0 Å². The Kier molecular flexibility index (Phi) is 7.53. The fraction of sp³-hybridized carbons (Fsp3) is 0.423. The van der Waals surface area contributed by atoms with Gasteiger partial charge in [-0.1, -0.05) is 25.1 Å². The normalized spacial score (nSPS) is 21.5. The Balaban J connectivity index is 1.30. The van der Waals surface area contributed by atoms with Crippen LogP contribution in [0.1, 0.15) is 43.7 Å². The molecule has 1 heterocycles. The van der Waals surface area contributed by atoms with Crippen molar-refractivity contribution < 1.29 is 28.6 Å². The van der Waals surface area contributed by atoms with E-state index in [1.807, 2.05) is 19.1 Å². The van der Waals surface area contributed by atoms with Crippen LogP contribution < -0.4 is 10.6 Å². The molecule has 8 nitrogen and oxygen atoms in total. The Hall–Kier alpha value is -3.62. The second kappa shape index (κ2) is 10.8. The fourth-order valence-electron chi connectivity index (χ4n) is 4.93. The number of ether oxygens (including phenoxy) is 1. The van der Waals surface area contributed by atoms with Gasteiger partial charge in [0, 0.05) is 25.2 Å². The van der Waals surface area contributed by atoms with E-state index in [2.05, 4.69) is 10.6 Å². The van der Waals surface area contributed by atoms with Crippen LogP contribution in [-0.2, 0) is 22.5 Å². The van der Waals surface area contributed by atoms with Crippen LogP contribution >= 0.6 is 0 Å². The van der Waals surface area contributed by atoms with E-state index in [0.717, 1.165) is 24.0 Å². The average Bonchev–Trinajstić information content (AvgIpc) is 2.81. The van der Waals surface area contributed by atoms with Crippen LogP contribution in [0.25, 0.3) is 0 Å². The molecule has 3 N–H and O–H groups in total. The first-order valence-electron chi connectivity index (χ1n) is 11.9. The molecule has 3 amide bonds. The number of nitrogens with zero attached hydrogens (tertiary/aromatic N) is 1. The van der Waals surface area contributed by atoms with Crippen molar-refractivity contribution in [3.63, 3.8) is 0 Å². The van der Waals surface area contributed by atoms with E-state index in [0.29, 0.717) is 31.6 Å². The molecule has 9 heteroatoms. The number of carboxylic acid groups (broad SMARTS) is 1. The number of urea groups is 1. The van der Waals surface area contributed by atoms with Crippen molar-refractivity contribution in [2.75, 3.05) is 17.2 Å². The second-order valence-corrected chi connectivity index (χ2v) is 9.39. The van der Waals surface area contributed by atoms with E-state index in [1.54, 1.807) is 23.1 Å². The number of carbonyl (C=O) groups excluding carboxylic acids is 2. The summed E-state index contributed by atoms with van der Waals surface area (Å²) in [5.41, 5.74) is 2.69. The van der Waals surface area contributed by atoms with Gasteiger partial charge in [0.25, 0.3) is 0 Å². The molecule has 0 spiro atoms. The number of para-hydroxylation sites is 1. The van der Waals surface area contributed by atoms with E-state index < -0.39 is 17.8 Å². The molecule has 1 saturated carbocycles. The van der Waals surface area contributed by atoms with Gasteiger partial charge >= 0.3 is 18.1 Å². The van der Waals surface area contributed by atoms with E-state index >= 15 is 0 Å². The molecular weight excluding hydrogens is 453 g/mol. The number of hydrogen-bond acceptors (Lipinski definition) is 4. The first kappa shape index (κ1) is 24.5. The largest absolute Gasteiger partial charge is 0.481 e. The van der Waals surface area contributed by atoms with Gasteiger partial charge in [-0.3, -0.25) is 4.79 Å². The number of rotatable bonds is 5. The molecule has 4 rings (SSSR count). The summed E-state index contributed by atoms with van der Waals surface area (Å²) in [7, 11) is 0. The van der Waals surface area contributed by atoms with Crippen LogP contribution in [0, 0.1) is 17.7 Å². The molecule has 35 heavy (non-hydrogen) atoms. The zero-order valence-corrected chi connectivity index (χ0v) is 19.6. The number of carboxylic acids is 1. The van der Waals surface area contributed by atoms with E-state index in [-0.39, 0.29) is 36.1 Å². The van der Waals surface area contributed by atoms with Crippen molar-refractivity contribution in [2.24, 2.45) is 11.8 Å². The third-order valence-corrected chi connectivity index (χ3v) is 6.77. The molecule has 0 saturated heterocycles. The maximum absolute atomic E-state index is 13.7. The molecule has 186 valence electrons. The minimum Gasteiger partial charge on any atom is -0.481 e. The summed E-state index contributed by atoms with van der Waals surface area (Å²) in [6.07, 6.45) is 2.40. The number of hydrogen-bond donors (Lipinski definition) is 3. The predicted molar refractivity (Wildman–Crippen MR) is 129 cm³/mol. The molecular formula is C26H30FN3O5. The predicted octanol–water partition coefficient (Wildman–Crippen LogP) is 5.24. The lowest BCUT2D eigenvalue weighted by Gasteiger charge is -2.35. The van der Waals surface area contributed by atoms with Gasteiger partial charge in [0.2, 0.25) is 0 Å². The highest BCUT2D eigenvalue weighted by Gasteiger charge is 2.33. The lowest BCUT2D eigenvalue weighted by atomic mass is 9.79. The molecule has 0 bridgehead atoms. The second-order valence-electron chi connectivity index (χ2n) is 9.39. The van der Waals surface area contributed by atoms with Gasteiger partial charge in [-0.2, -0.15) is 0 Å². The number of fused-ring (bicyclic) bond motifs is 1. The fourth-order valence-corrected chi connectivity index (χ4v) is 4.93. The molecule has 2 aliphatic rings. The highest BCUT2D eigenvalue weighted by atomic mass is 19.1. The van der Waals surface area contributed by atoms with E-state index in [4.69, 9.17) is 9.84 Å². The molecule has 1 fully saturated rings. The zero-order valence-electron chi connectivity index (χ0n) is 19.6. The minimum atomic E-state index is -0.784. The summed E-state index contributed by atoms with van der Waals surface area (Å²) >= 11 is 0. The molecule has 2 aromatic rings. The van der Waals surface area contributed by atoms with Gasteiger partial charge in [-0.05, 0) is 72.9 Å². The SMILES string of the molecule is C[C@H]1C[C@@H](CC(=O)O)CC[C@H]1OC(=O)N1CCc2cc(NC(=O)Nc3ccccc3F)ccc2C1. The summed E-state index contributed by atoms with van der Waals surface area (Å²) in [6.45, 7) is 2.92. The molecule has 0 radical (unpaired) electrons. The zero-order chi connectivity index (χ0) is 24.9. The van der Waals surface area contributed by atoms with Crippen LogP contribution in [0.2, 0.25) is 0 Å². The molecule has 1 aliphatic heterocycles. The Morgan fingerprint density at radius 2 is 1.91 bits per heavy atom. The van der Waals surface area contributed by atoms with E-state index in [9.17, 15) is 18.8 Å². The number of aliphatic carboxylic acids is 1. The highest BCUT2D eigenvalue weighted by molar-refractivity contribution is 5.99. The van der Waals surface area contributed by atoms with Gasteiger partial charge in [0.15, 0.2) is 0 Å². The molecule has 3 atom stereocenters. The topological polar surface area (TPSA) is 108 Å². The number of benzene rings is 2. The van der Waals surface area contributed by atoms with Crippen LogP contribution in [-0.4, -0.2) is 40.7 Å². The first-order chi connectivity index (χ1) is 16.8. The Bertz CT molecular complexity index is 1110. The van der Waals surface area contributed by atoms with Crippen molar-refractivity contribution in [2.45, 2.75) is 51.7 Å². The number of carbonyl (C=O) groups is 3. The monoisotopic (exact) mass is 483 g/mol. The summed E-state index contributed by atoms with van der Waals surface area (Å²) < 4.78 is 19.5. The van der Waals surface area contributed by atoms with Crippen molar-refractivity contribution in [1.82, 2.24) is 4.90 Å². The lowest BCUT2D eigenvalue weighted by molar-refractivity contribution is -0.138. The molecule has 1 aliphatic carbocycles. The average molecular weight is 484 g/mol. The van der Waals surface area contributed by atoms with Crippen LogP contribution in [0.3, 0.4) is 0 Å². The van der Waals surface area contributed by atoms with Crippen molar-refractivity contribution in [3.8, 4) is 0 Å². The van der Waals surface area contributed by atoms with Crippen LogP contribution in [0.15, 0.2) is 42.5 Å². The number of amides is 3.